The van der Waals surface area contributed by atoms with Crippen molar-refractivity contribution in [3.8, 4) is 11.3 Å². The van der Waals surface area contributed by atoms with Crippen LogP contribution in [-0.2, 0) is 0 Å². The predicted octanol–water partition coefficient (Wildman–Crippen LogP) is 1.41. The molecule has 4 atom stereocenters. The van der Waals surface area contributed by atoms with E-state index < -0.39 is 0 Å². The van der Waals surface area contributed by atoms with Crippen molar-refractivity contribution in [3.63, 3.8) is 0 Å². The maximum Gasteiger partial charge on any atom is 0.253 e. The van der Waals surface area contributed by atoms with E-state index in [1.54, 1.807) is 0 Å². The summed E-state index contributed by atoms with van der Waals surface area (Å²) in [5.41, 5.74) is 3.69. The van der Waals surface area contributed by atoms with Crippen molar-refractivity contribution < 1.29 is 4.79 Å². The molecule has 5 rings (SSSR count). The lowest BCUT2D eigenvalue weighted by Crippen LogP contribution is -2.48. The molecular formula is C21H23N5O. The number of aromatic nitrogens is 1. The van der Waals surface area contributed by atoms with Gasteiger partial charge in [-0.25, -0.2) is 0 Å². The summed E-state index contributed by atoms with van der Waals surface area (Å²) >= 11 is 0. The van der Waals surface area contributed by atoms with Gasteiger partial charge in [0.1, 0.15) is 6.17 Å². The van der Waals surface area contributed by atoms with Gasteiger partial charge in [-0.05, 0) is 32.4 Å². The van der Waals surface area contributed by atoms with Gasteiger partial charge in [0.2, 0.25) is 0 Å². The molecule has 6 nitrogen and oxygen atoms in total. The Balaban J connectivity index is 1.77. The third kappa shape index (κ3) is 2.72. The predicted molar refractivity (Wildman–Crippen MR) is 103 cm³/mol. The van der Waals surface area contributed by atoms with E-state index in [4.69, 9.17) is 9.98 Å². The fourth-order valence-electron chi connectivity index (χ4n) is 4.21. The van der Waals surface area contributed by atoms with Gasteiger partial charge in [-0.1, -0.05) is 24.3 Å². The SMILES string of the molecule is CC1N=c2cccc3c2=NC1N[C@H](C)/C=C/C[C@H]1CNC(=O)c2cc-3[nH]c21. The van der Waals surface area contributed by atoms with Gasteiger partial charge >= 0.3 is 0 Å². The topological polar surface area (TPSA) is 81.6 Å². The molecule has 0 spiro atoms. The quantitative estimate of drug-likeness (QED) is 0.620. The zero-order valence-corrected chi connectivity index (χ0v) is 15.5. The Labute approximate surface area is 157 Å². The van der Waals surface area contributed by atoms with Gasteiger partial charge in [-0.15, -0.1) is 0 Å². The molecule has 2 aromatic rings. The minimum absolute atomic E-state index is 0.00668. The van der Waals surface area contributed by atoms with Crippen LogP contribution in [0.5, 0.6) is 0 Å². The van der Waals surface area contributed by atoms with Crippen LogP contribution in [-0.4, -0.2) is 35.7 Å². The summed E-state index contributed by atoms with van der Waals surface area (Å²) in [5, 5.41) is 8.39. The smallest absolute Gasteiger partial charge is 0.253 e. The van der Waals surface area contributed by atoms with Crippen molar-refractivity contribution in [1.29, 1.82) is 0 Å². The van der Waals surface area contributed by atoms with Gasteiger partial charge in [0, 0.05) is 35.5 Å². The number of para-hydroxylation sites is 1. The Morgan fingerprint density at radius 1 is 1.15 bits per heavy atom. The zero-order chi connectivity index (χ0) is 18.5. The first kappa shape index (κ1) is 16.4. The number of hydrogen-bond acceptors (Lipinski definition) is 4. The molecular weight excluding hydrogens is 338 g/mol. The fraction of sp³-hybridized carbons (Fsp3) is 0.381. The highest BCUT2D eigenvalue weighted by Gasteiger charge is 2.28. The molecule has 0 saturated heterocycles. The van der Waals surface area contributed by atoms with Crippen LogP contribution in [0.1, 0.15) is 42.2 Å². The molecule has 0 saturated carbocycles. The van der Waals surface area contributed by atoms with Gasteiger partial charge in [0.25, 0.3) is 5.91 Å². The highest BCUT2D eigenvalue weighted by atomic mass is 16.1. The number of nitrogens with zero attached hydrogens (tertiary/aromatic N) is 2. The number of fused-ring (bicyclic) bond motifs is 3. The second-order valence-corrected chi connectivity index (χ2v) is 7.65. The number of carbonyl (C=O) groups is 1. The second kappa shape index (κ2) is 6.16. The molecule has 2 unspecified atom stereocenters. The molecule has 4 bridgehead atoms. The number of allylic oxidation sites excluding steroid dienone is 1. The maximum atomic E-state index is 12.4. The van der Waals surface area contributed by atoms with E-state index in [-0.39, 0.29) is 30.1 Å². The van der Waals surface area contributed by atoms with Crippen molar-refractivity contribution in [1.82, 2.24) is 15.6 Å². The van der Waals surface area contributed by atoms with Crippen LogP contribution in [0.3, 0.4) is 0 Å². The highest BCUT2D eigenvalue weighted by Crippen LogP contribution is 2.30. The summed E-state index contributed by atoms with van der Waals surface area (Å²) < 4.78 is 0. The van der Waals surface area contributed by atoms with Gasteiger partial charge in [-0.3, -0.25) is 20.1 Å². The van der Waals surface area contributed by atoms with Crippen LogP contribution in [0.4, 0.5) is 0 Å². The van der Waals surface area contributed by atoms with E-state index in [1.807, 2.05) is 18.2 Å². The van der Waals surface area contributed by atoms with Crippen LogP contribution in [0.25, 0.3) is 11.3 Å². The van der Waals surface area contributed by atoms with E-state index >= 15 is 0 Å². The number of H-pyrrole nitrogens is 1. The molecule has 1 aromatic heterocycles. The molecule has 1 amide bonds. The van der Waals surface area contributed by atoms with Crippen molar-refractivity contribution in [3.05, 3.63) is 58.4 Å². The Morgan fingerprint density at radius 3 is 2.93 bits per heavy atom. The average molecular weight is 361 g/mol. The van der Waals surface area contributed by atoms with E-state index in [9.17, 15) is 4.79 Å². The van der Waals surface area contributed by atoms with Crippen LogP contribution in [0.15, 0.2) is 46.4 Å². The number of rotatable bonds is 0. The van der Waals surface area contributed by atoms with E-state index in [1.165, 1.54) is 0 Å². The van der Waals surface area contributed by atoms with Gasteiger partial charge in [-0.2, -0.15) is 0 Å². The Morgan fingerprint density at radius 2 is 2.04 bits per heavy atom. The monoisotopic (exact) mass is 361 g/mol. The molecule has 4 heterocycles. The first-order valence-electron chi connectivity index (χ1n) is 9.59. The second-order valence-electron chi connectivity index (χ2n) is 7.65. The molecule has 0 fully saturated rings. The number of benzene rings is 1. The largest absolute Gasteiger partial charge is 0.357 e. The van der Waals surface area contributed by atoms with Crippen molar-refractivity contribution >= 4 is 5.91 Å². The maximum absolute atomic E-state index is 12.4. The third-order valence-electron chi connectivity index (χ3n) is 5.66. The van der Waals surface area contributed by atoms with Gasteiger partial charge in [0.05, 0.1) is 22.3 Å². The van der Waals surface area contributed by atoms with Crippen molar-refractivity contribution in [2.45, 2.75) is 44.4 Å². The fourth-order valence-corrected chi connectivity index (χ4v) is 4.21. The lowest BCUT2D eigenvalue weighted by molar-refractivity contribution is 0.0940. The third-order valence-corrected chi connectivity index (χ3v) is 5.66. The molecule has 6 heteroatoms. The summed E-state index contributed by atoms with van der Waals surface area (Å²) in [7, 11) is 0. The minimum atomic E-state index is -0.0695. The van der Waals surface area contributed by atoms with Crippen LogP contribution >= 0.6 is 0 Å². The molecule has 138 valence electrons. The highest BCUT2D eigenvalue weighted by molar-refractivity contribution is 5.98. The number of hydrogen-bond donors (Lipinski definition) is 3. The summed E-state index contributed by atoms with van der Waals surface area (Å²) in [6.07, 6.45) is 5.19. The lowest BCUT2D eigenvalue weighted by Gasteiger charge is -2.24. The molecule has 3 aliphatic rings. The molecule has 0 aliphatic carbocycles. The van der Waals surface area contributed by atoms with Gasteiger partial charge in [0.15, 0.2) is 0 Å². The number of carbonyl (C=O) groups excluding carboxylic acids is 1. The Hall–Kier alpha value is -2.73. The van der Waals surface area contributed by atoms with Gasteiger partial charge < -0.3 is 10.3 Å². The lowest BCUT2D eigenvalue weighted by atomic mass is 9.94. The molecule has 3 N–H and O–H groups in total. The van der Waals surface area contributed by atoms with Crippen LogP contribution in [0, 0.1) is 0 Å². The van der Waals surface area contributed by atoms with Crippen LogP contribution in [0.2, 0.25) is 0 Å². The number of aromatic amines is 1. The molecule has 27 heavy (non-hydrogen) atoms. The van der Waals surface area contributed by atoms with Crippen molar-refractivity contribution in [2.24, 2.45) is 9.98 Å². The minimum Gasteiger partial charge on any atom is -0.357 e. The first-order chi connectivity index (χ1) is 13.1. The summed E-state index contributed by atoms with van der Waals surface area (Å²) in [5.74, 6) is 0.247. The number of amides is 1. The Kier molecular flexibility index (Phi) is 3.75. The zero-order valence-electron chi connectivity index (χ0n) is 15.5. The number of nitrogens with one attached hydrogen (secondary N) is 3. The average Bonchev–Trinajstić information content (AvgIpc) is 3.09. The summed E-state index contributed by atoms with van der Waals surface area (Å²) in [4.78, 5) is 25.8. The molecule has 3 aliphatic heterocycles. The standard InChI is InChI=1S/C21H23N5O/c1-11-5-3-6-13-10-22-21(27)15-9-17(25-18(13)15)14-7-4-8-16-19(14)26-20(23-11)12(2)24-16/h3-5,7-9,11-13,20,23,25H,6,10H2,1-2H3,(H,22,27)/b5-3+/t11-,12?,13+,20?/m1/s1. The normalized spacial score (nSPS) is 29.9. The van der Waals surface area contributed by atoms with E-state index in [0.29, 0.717) is 6.54 Å². The van der Waals surface area contributed by atoms with Crippen molar-refractivity contribution in [2.75, 3.05) is 6.54 Å². The van der Waals surface area contributed by atoms with E-state index in [0.717, 1.165) is 39.7 Å². The summed E-state index contributed by atoms with van der Waals surface area (Å²) in [6, 6.07) is 8.29. The summed E-state index contributed by atoms with van der Waals surface area (Å²) in [6.45, 7) is 4.89. The molecule has 0 radical (unpaired) electrons. The molecule has 1 aromatic carbocycles. The van der Waals surface area contributed by atoms with E-state index in [2.05, 4.69) is 47.7 Å². The first-order valence-corrected chi connectivity index (χ1v) is 9.59. The Bertz CT molecular complexity index is 1070. The van der Waals surface area contributed by atoms with Crippen LogP contribution < -0.4 is 21.3 Å².